The van der Waals surface area contributed by atoms with Crippen LogP contribution in [-0.2, 0) is 13.7 Å². The van der Waals surface area contributed by atoms with E-state index in [2.05, 4.69) is 5.43 Å². The Morgan fingerprint density at radius 3 is 2.88 bits per heavy atom. The van der Waals surface area contributed by atoms with Crippen LogP contribution in [0.4, 0.5) is 0 Å². The van der Waals surface area contributed by atoms with E-state index in [1.165, 1.54) is 4.57 Å². The van der Waals surface area contributed by atoms with Crippen molar-refractivity contribution in [2.45, 2.75) is 6.61 Å². The normalized spacial score (nSPS) is 11.7. The van der Waals surface area contributed by atoms with Crippen LogP contribution in [0.15, 0.2) is 57.4 Å². The number of aryl methyl sites for hydroxylation is 1. The summed E-state index contributed by atoms with van der Waals surface area (Å²) in [5.74, 6) is 5.43. The number of nitrogens with one attached hydrogen (secondary N) is 1. The van der Waals surface area contributed by atoms with Gasteiger partial charge in [0.25, 0.3) is 0 Å². The molecule has 0 aliphatic heterocycles. The average Bonchev–Trinajstić information content (AvgIpc) is 2.94. The first-order valence-corrected chi connectivity index (χ1v) is 7.71. The molecule has 0 atom stereocenters. The third kappa shape index (κ3) is 3.24. The molecule has 0 aliphatic rings. The van der Waals surface area contributed by atoms with Gasteiger partial charge in [-0.25, -0.2) is 10.6 Å². The first-order valence-electron chi connectivity index (χ1n) is 7.71. The van der Waals surface area contributed by atoms with Gasteiger partial charge in [-0.05, 0) is 23.8 Å². The van der Waals surface area contributed by atoms with E-state index in [1.807, 2.05) is 24.3 Å². The standard InChI is InChI=1S/C18H17N5O3/c1-23-15-6-5-13(8-16(15)26-18(23)24)25-10-11-3-2-4-12(7-11)17(20)14(9-19)22-21/h2-8,22H,10,20-21H2,1H3/b17-14-. The number of aromatic nitrogens is 1. The molecule has 0 amide bonds. The van der Waals surface area contributed by atoms with Crippen molar-refractivity contribution in [3.63, 3.8) is 0 Å². The van der Waals surface area contributed by atoms with E-state index in [-0.39, 0.29) is 18.0 Å². The van der Waals surface area contributed by atoms with Crippen molar-refractivity contribution in [2.75, 3.05) is 0 Å². The van der Waals surface area contributed by atoms with Gasteiger partial charge >= 0.3 is 5.76 Å². The highest BCUT2D eigenvalue weighted by Crippen LogP contribution is 2.21. The molecule has 0 bridgehead atoms. The first kappa shape index (κ1) is 17.1. The van der Waals surface area contributed by atoms with Crippen LogP contribution in [0.5, 0.6) is 5.75 Å². The predicted molar refractivity (Wildman–Crippen MR) is 96.3 cm³/mol. The highest BCUT2D eigenvalue weighted by molar-refractivity contribution is 5.74. The SMILES string of the molecule is Cn1c(=O)oc2cc(OCc3cccc(/C(N)=C(\C#N)NN)c3)ccc21. The summed E-state index contributed by atoms with van der Waals surface area (Å²) < 4.78 is 12.3. The molecule has 5 N–H and O–H groups in total. The molecule has 0 saturated heterocycles. The Kier molecular flexibility index (Phi) is 4.64. The van der Waals surface area contributed by atoms with E-state index in [0.29, 0.717) is 22.4 Å². The Balaban J connectivity index is 1.80. The summed E-state index contributed by atoms with van der Waals surface area (Å²) in [7, 11) is 1.64. The third-order valence-electron chi connectivity index (χ3n) is 3.93. The number of ether oxygens (including phenoxy) is 1. The molecular weight excluding hydrogens is 334 g/mol. The van der Waals surface area contributed by atoms with Crippen LogP contribution in [0.25, 0.3) is 16.8 Å². The zero-order chi connectivity index (χ0) is 18.7. The molecule has 0 aliphatic carbocycles. The third-order valence-corrected chi connectivity index (χ3v) is 3.93. The van der Waals surface area contributed by atoms with Gasteiger partial charge < -0.3 is 20.3 Å². The van der Waals surface area contributed by atoms with Crippen LogP contribution in [0.2, 0.25) is 0 Å². The summed E-state index contributed by atoms with van der Waals surface area (Å²) in [6.07, 6.45) is 0. The molecule has 0 fully saturated rings. The van der Waals surface area contributed by atoms with Crippen LogP contribution in [-0.4, -0.2) is 4.57 Å². The van der Waals surface area contributed by atoms with Crippen LogP contribution in [0.1, 0.15) is 11.1 Å². The smallest absolute Gasteiger partial charge is 0.419 e. The van der Waals surface area contributed by atoms with Crippen molar-refractivity contribution in [3.05, 3.63) is 69.8 Å². The fraction of sp³-hybridized carbons (Fsp3) is 0.111. The van der Waals surface area contributed by atoms with E-state index in [0.717, 1.165) is 5.56 Å². The van der Waals surface area contributed by atoms with E-state index < -0.39 is 5.76 Å². The van der Waals surface area contributed by atoms with Gasteiger partial charge in [-0.1, -0.05) is 18.2 Å². The van der Waals surface area contributed by atoms with Gasteiger partial charge in [0.2, 0.25) is 0 Å². The van der Waals surface area contributed by atoms with Gasteiger partial charge in [-0.2, -0.15) is 5.26 Å². The van der Waals surface area contributed by atoms with E-state index in [9.17, 15) is 4.79 Å². The van der Waals surface area contributed by atoms with Crippen LogP contribution in [0, 0.1) is 11.3 Å². The molecule has 8 nitrogen and oxygen atoms in total. The van der Waals surface area contributed by atoms with Crippen molar-refractivity contribution in [1.29, 1.82) is 5.26 Å². The Hall–Kier alpha value is -3.70. The van der Waals surface area contributed by atoms with Gasteiger partial charge in [0.15, 0.2) is 11.3 Å². The number of rotatable bonds is 5. The van der Waals surface area contributed by atoms with Crippen molar-refractivity contribution >= 4 is 16.8 Å². The predicted octanol–water partition coefficient (Wildman–Crippen LogP) is 1.32. The number of nitrogens with two attached hydrogens (primary N) is 2. The molecule has 2 aromatic carbocycles. The molecule has 8 heteroatoms. The lowest BCUT2D eigenvalue weighted by molar-refractivity contribution is 0.306. The highest BCUT2D eigenvalue weighted by Gasteiger charge is 2.08. The van der Waals surface area contributed by atoms with Crippen LogP contribution in [0.3, 0.4) is 0 Å². The van der Waals surface area contributed by atoms with E-state index >= 15 is 0 Å². The number of nitriles is 1. The molecule has 26 heavy (non-hydrogen) atoms. The molecule has 3 rings (SSSR count). The van der Waals surface area contributed by atoms with Crippen molar-refractivity contribution in [3.8, 4) is 11.8 Å². The zero-order valence-corrected chi connectivity index (χ0v) is 14.0. The Morgan fingerprint density at radius 2 is 2.15 bits per heavy atom. The molecular formula is C18H17N5O3. The van der Waals surface area contributed by atoms with E-state index in [1.54, 1.807) is 31.3 Å². The molecule has 132 valence electrons. The second-order valence-corrected chi connectivity index (χ2v) is 5.59. The lowest BCUT2D eigenvalue weighted by Gasteiger charge is -2.09. The minimum atomic E-state index is -0.422. The average molecular weight is 351 g/mol. The highest BCUT2D eigenvalue weighted by atomic mass is 16.5. The minimum Gasteiger partial charge on any atom is -0.489 e. The largest absolute Gasteiger partial charge is 0.489 e. The summed E-state index contributed by atoms with van der Waals surface area (Å²) in [4.78, 5) is 11.5. The number of hydrazine groups is 1. The van der Waals surface area contributed by atoms with Gasteiger partial charge in [0, 0.05) is 18.7 Å². The Labute approximate surface area is 148 Å². The summed E-state index contributed by atoms with van der Waals surface area (Å²) >= 11 is 0. The zero-order valence-electron chi connectivity index (χ0n) is 14.0. The first-order chi connectivity index (χ1) is 12.5. The number of hydrogen-bond acceptors (Lipinski definition) is 7. The molecule has 0 spiro atoms. The van der Waals surface area contributed by atoms with Crippen LogP contribution < -0.4 is 27.5 Å². The number of benzene rings is 2. The summed E-state index contributed by atoms with van der Waals surface area (Å²) in [5, 5.41) is 9.00. The quantitative estimate of drug-likeness (QED) is 0.359. The van der Waals surface area contributed by atoms with Gasteiger partial charge in [0.1, 0.15) is 18.4 Å². The van der Waals surface area contributed by atoms with Crippen molar-refractivity contribution in [1.82, 2.24) is 9.99 Å². The summed E-state index contributed by atoms with van der Waals surface area (Å²) in [5.41, 5.74) is 11.2. The Morgan fingerprint density at radius 1 is 1.35 bits per heavy atom. The maximum atomic E-state index is 11.5. The van der Waals surface area contributed by atoms with Gasteiger partial charge in [-0.3, -0.25) is 4.57 Å². The summed E-state index contributed by atoms with van der Waals surface area (Å²) in [6, 6.07) is 14.4. The molecule has 1 heterocycles. The molecule has 0 unspecified atom stereocenters. The molecule has 0 radical (unpaired) electrons. The number of oxazole rings is 1. The molecule has 1 aromatic heterocycles. The molecule has 3 aromatic rings. The minimum absolute atomic E-state index is 0.0904. The van der Waals surface area contributed by atoms with Crippen LogP contribution >= 0.6 is 0 Å². The Bertz CT molecular complexity index is 1090. The monoisotopic (exact) mass is 351 g/mol. The number of fused-ring (bicyclic) bond motifs is 1. The number of hydrogen-bond donors (Lipinski definition) is 3. The van der Waals surface area contributed by atoms with Crippen molar-refractivity contribution < 1.29 is 9.15 Å². The molecule has 0 saturated carbocycles. The maximum Gasteiger partial charge on any atom is 0.419 e. The fourth-order valence-electron chi connectivity index (χ4n) is 2.51. The maximum absolute atomic E-state index is 11.5. The lowest BCUT2D eigenvalue weighted by Crippen LogP contribution is -2.23. The lowest BCUT2D eigenvalue weighted by atomic mass is 10.1. The second-order valence-electron chi connectivity index (χ2n) is 5.59. The van der Waals surface area contributed by atoms with Gasteiger partial charge in [0.05, 0.1) is 11.2 Å². The second kappa shape index (κ2) is 7.04. The van der Waals surface area contributed by atoms with Crippen molar-refractivity contribution in [2.24, 2.45) is 18.6 Å². The number of allylic oxidation sites excluding steroid dienone is 1. The number of nitrogens with zero attached hydrogens (tertiary/aromatic N) is 2. The van der Waals surface area contributed by atoms with Gasteiger partial charge in [-0.15, -0.1) is 0 Å². The van der Waals surface area contributed by atoms with E-state index in [4.69, 9.17) is 26.0 Å². The summed E-state index contributed by atoms with van der Waals surface area (Å²) in [6.45, 7) is 0.279. The fourth-order valence-corrected chi connectivity index (χ4v) is 2.51. The topological polar surface area (TPSA) is 132 Å².